The number of unbranched alkanes of at least 4 members (excludes halogenated alkanes) is 1. The van der Waals surface area contributed by atoms with Crippen molar-refractivity contribution in [3.05, 3.63) is 0 Å². The molecule has 1 aliphatic heterocycles. The fraction of sp³-hybridized carbons (Fsp3) is 0.833. The zero-order chi connectivity index (χ0) is 5.11. The van der Waals surface area contributed by atoms with Gasteiger partial charge < -0.3 is 0 Å². The van der Waals surface area contributed by atoms with Crippen LogP contribution in [-0.2, 0) is 0 Å². The highest BCUT2D eigenvalue weighted by atomic mass is 14.9. The largest absolute Gasteiger partial charge is 0.286 e. The summed E-state index contributed by atoms with van der Waals surface area (Å²) >= 11 is 0. The second-order valence-electron chi connectivity index (χ2n) is 2.01. The first-order valence-electron chi connectivity index (χ1n) is 2.97. The Labute approximate surface area is 44.5 Å². The highest BCUT2D eigenvalue weighted by Crippen LogP contribution is 2.09. The SMILES string of the molecule is CCCCC1C=N1. The van der Waals surface area contributed by atoms with E-state index in [1.54, 1.807) is 0 Å². The molecule has 0 radical (unpaired) electrons. The van der Waals surface area contributed by atoms with E-state index in [9.17, 15) is 0 Å². The van der Waals surface area contributed by atoms with Crippen LogP contribution in [0.3, 0.4) is 0 Å². The first-order chi connectivity index (χ1) is 3.43. The van der Waals surface area contributed by atoms with Crippen LogP contribution in [0.25, 0.3) is 0 Å². The molecule has 1 heteroatoms. The fourth-order valence-corrected chi connectivity index (χ4v) is 0.623. The predicted molar refractivity (Wildman–Crippen MR) is 31.8 cm³/mol. The summed E-state index contributed by atoms with van der Waals surface area (Å²) < 4.78 is 0. The lowest BCUT2D eigenvalue weighted by Crippen LogP contribution is -1.84. The minimum Gasteiger partial charge on any atom is -0.286 e. The van der Waals surface area contributed by atoms with Gasteiger partial charge in [-0.3, -0.25) is 4.99 Å². The molecule has 0 aromatic heterocycles. The Bertz CT molecular complexity index is 70.2. The standard InChI is InChI=1S/C6H11N/c1-2-3-4-6-5-7-6/h5-6H,2-4H2,1H3. The Balaban J connectivity index is 1.81. The third kappa shape index (κ3) is 1.72. The van der Waals surface area contributed by atoms with E-state index >= 15 is 0 Å². The van der Waals surface area contributed by atoms with Gasteiger partial charge in [0.1, 0.15) is 0 Å². The molecule has 0 amide bonds. The predicted octanol–water partition coefficient (Wildman–Crippen LogP) is 1.63. The van der Waals surface area contributed by atoms with Crippen molar-refractivity contribution in [2.45, 2.75) is 32.2 Å². The summed E-state index contributed by atoms with van der Waals surface area (Å²) in [5, 5.41) is 0. The molecular formula is C6H11N. The number of rotatable bonds is 3. The molecule has 1 nitrogen and oxygen atoms in total. The van der Waals surface area contributed by atoms with Gasteiger partial charge in [-0.2, -0.15) is 0 Å². The number of nitrogens with zero attached hydrogens (tertiary/aromatic N) is 1. The Morgan fingerprint density at radius 3 is 2.86 bits per heavy atom. The van der Waals surface area contributed by atoms with Gasteiger partial charge in [0.2, 0.25) is 0 Å². The van der Waals surface area contributed by atoms with Crippen LogP contribution in [0.4, 0.5) is 0 Å². The summed E-state index contributed by atoms with van der Waals surface area (Å²) in [6.45, 7) is 2.21. The lowest BCUT2D eigenvalue weighted by atomic mass is 10.2. The van der Waals surface area contributed by atoms with Gasteiger partial charge in [-0.25, -0.2) is 0 Å². The van der Waals surface area contributed by atoms with Gasteiger partial charge >= 0.3 is 0 Å². The lowest BCUT2D eigenvalue weighted by Gasteiger charge is -1.87. The molecule has 1 heterocycles. The quantitative estimate of drug-likeness (QED) is 0.507. The lowest BCUT2D eigenvalue weighted by molar-refractivity contribution is 0.721. The third-order valence-electron chi connectivity index (χ3n) is 1.21. The summed E-state index contributed by atoms with van der Waals surface area (Å²) in [4.78, 5) is 4.01. The maximum atomic E-state index is 4.01. The molecule has 0 aliphatic carbocycles. The number of hydrogen-bond acceptors (Lipinski definition) is 1. The molecule has 0 bridgehead atoms. The van der Waals surface area contributed by atoms with Crippen LogP contribution in [0.15, 0.2) is 4.99 Å². The average molecular weight is 97.2 g/mol. The van der Waals surface area contributed by atoms with Gasteiger partial charge in [-0.15, -0.1) is 0 Å². The Hall–Kier alpha value is -0.330. The molecule has 0 aromatic rings. The molecule has 0 fully saturated rings. The van der Waals surface area contributed by atoms with Gasteiger partial charge in [-0.05, 0) is 6.42 Å². The molecule has 0 N–H and O–H groups in total. The van der Waals surface area contributed by atoms with Crippen molar-refractivity contribution in [2.24, 2.45) is 4.99 Å². The van der Waals surface area contributed by atoms with E-state index in [1.807, 2.05) is 6.21 Å². The van der Waals surface area contributed by atoms with E-state index < -0.39 is 0 Å². The van der Waals surface area contributed by atoms with E-state index in [1.165, 1.54) is 19.3 Å². The van der Waals surface area contributed by atoms with E-state index in [2.05, 4.69) is 11.9 Å². The number of aliphatic imine (C=N–C) groups is 1. The van der Waals surface area contributed by atoms with Crippen LogP contribution in [0.1, 0.15) is 26.2 Å². The van der Waals surface area contributed by atoms with Crippen molar-refractivity contribution in [1.82, 2.24) is 0 Å². The molecule has 0 spiro atoms. The Kier molecular flexibility index (Phi) is 1.45. The smallest absolute Gasteiger partial charge is 0.0843 e. The molecule has 1 rings (SSSR count). The van der Waals surface area contributed by atoms with Gasteiger partial charge in [0.05, 0.1) is 6.04 Å². The second kappa shape index (κ2) is 2.10. The maximum Gasteiger partial charge on any atom is 0.0843 e. The van der Waals surface area contributed by atoms with Crippen LogP contribution in [0, 0.1) is 0 Å². The molecule has 1 aliphatic rings. The summed E-state index contributed by atoms with van der Waals surface area (Å²) in [7, 11) is 0. The first-order valence-corrected chi connectivity index (χ1v) is 2.97. The van der Waals surface area contributed by atoms with Crippen LogP contribution < -0.4 is 0 Å². The Morgan fingerprint density at radius 1 is 1.71 bits per heavy atom. The molecule has 7 heavy (non-hydrogen) atoms. The van der Waals surface area contributed by atoms with E-state index in [0.717, 1.165) is 0 Å². The summed E-state index contributed by atoms with van der Waals surface area (Å²) in [6.07, 6.45) is 5.96. The van der Waals surface area contributed by atoms with Crippen molar-refractivity contribution in [1.29, 1.82) is 0 Å². The second-order valence-corrected chi connectivity index (χ2v) is 2.01. The summed E-state index contributed by atoms with van der Waals surface area (Å²) in [5.74, 6) is 0. The molecule has 0 saturated heterocycles. The summed E-state index contributed by atoms with van der Waals surface area (Å²) in [6, 6.07) is 0.653. The van der Waals surface area contributed by atoms with E-state index in [4.69, 9.17) is 0 Å². The highest BCUT2D eigenvalue weighted by Gasteiger charge is 2.09. The molecule has 0 saturated carbocycles. The van der Waals surface area contributed by atoms with Crippen molar-refractivity contribution < 1.29 is 0 Å². The maximum absolute atomic E-state index is 4.01. The molecular weight excluding hydrogens is 86.1 g/mol. The van der Waals surface area contributed by atoms with Gasteiger partial charge in [0.25, 0.3) is 0 Å². The van der Waals surface area contributed by atoms with Gasteiger partial charge in [0.15, 0.2) is 0 Å². The van der Waals surface area contributed by atoms with Crippen LogP contribution in [0.5, 0.6) is 0 Å². The van der Waals surface area contributed by atoms with E-state index in [-0.39, 0.29) is 0 Å². The molecule has 1 atom stereocenters. The average Bonchev–Trinajstić information content (AvgIpc) is 2.42. The minimum absolute atomic E-state index is 0.653. The monoisotopic (exact) mass is 97.1 g/mol. The van der Waals surface area contributed by atoms with Crippen molar-refractivity contribution in [3.63, 3.8) is 0 Å². The molecule has 1 unspecified atom stereocenters. The first kappa shape index (κ1) is 4.82. The highest BCUT2D eigenvalue weighted by molar-refractivity contribution is 5.77. The molecule has 40 valence electrons. The van der Waals surface area contributed by atoms with Crippen molar-refractivity contribution in [3.8, 4) is 0 Å². The van der Waals surface area contributed by atoms with Crippen molar-refractivity contribution >= 4 is 6.21 Å². The van der Waals surface area contributed by atoms with Crippen LogP contribution >= 0.6 is 0 Å². The fourth-order valence-electron chi connectivity index (χ4n) is 0.623. The van der Waals surface area contributed by atoms with Crippen LogP contribution in [0.2, 0.25) is 0 Å². The van der Waals surface area contributed by atoms with Gasteiger partial charge in [-0.1, -0.05) is 19.8 Å². The minimum atomic E-state index is 0.653. The normalized spacial score (nSPS) is 25.6. The van der Waals surface area contributed by atoms with Gasteiger partial charge in [0, 0.05) is 6.21 Å². The number of hydrogen-bond donors (Lipinski definition) is 0. The molecule has 0 aromatic carbocycles. The summed E-state index contributed by atoms with van der Waals surface area (Å²) in [5.41, 5.74) is 0. The van der Waals surface area contributed by atoms with E-state index in [0.29, 0.717) is 6.04 Å². The zero-order valence-corrected chi connectivity index (χ0v) is 4.72. The van der Waals surface area contributed by atoms with Crippen LogP contribution in [-0.4, -0.2) is 12.3 Å². The topological polar surface area (TPSA) is 12.4 Å². The third-order valence-corrected chi connectivity index (χ3v) is 1.21. The van der Waals surface area contributed by atoms with Crippen molar-refractivity contribution in [2.75, 3.05) is 0 Å². The Morgan fingerprint density at radius 2 is 2.43 bits per heavy atom. The zero-order valence-electron chi connectivity index (χ0n) is 4.72.